The standard InChI is InChI=1S/C26H22ClNO4/c1-15-9-11-19(12-10-15)28-26(30)17(3)31-25-23(29)20-14-21(27)16(2)13-22(20)32-24(25)18-7-5-4-6-8-18/h4-14,17H,1-3H3,(H,28,30). The molecule has 32 heavy (non-hydrogen) atoms. The molecule has 1 amide bonds. The van der Waals surface area contributed by atoms with Crippen molar-refractivity contribution < 1.29 is 13.9 Å². The van der Waals surface area contributed by atoms with Gasteiger partial charge in [-0.2, -0.15) is 0 Å². The Balaban J connectivity index is 1.75. The van der Waals surface area contributed by atoms with Gasteiger partial charge in [0.2, 0.25) is 11.2 Å². The van der Waals surface area contributed by atoms with Crippen LogP contribution in [0, 0.1) is 13.8 Å². The summed E-state index contributed by atoms with van der Waals surface area (Å²) in [5.74, 6) is -0.149. The molecular weight excluding hydrogens is 426 g/mol. The van der Waals surface area contributed by atoms with Gasteiger partial charge >= 0.3 is 0 Å². The third-order valence-electron chi connectivity index (χ3n) is 5.15. The molecule has 1 unspecified atom stereocenters. The van der Waals surface area contributed by atoms with E-state index in [4.69, 9.17) is 20.8 Å². The van der Waals surface area contributed by atoms with Gasteiger partial charge in [-0.1, -0.05) is 59.6 Å². The molecule has 3 aromatic carbocycles. The summed E-state index contributed by atoms with van der Waals surface area (Å²) in [6.45, 7) is 5.39. The van der Waals surface area contributed by atoms with Crippen LogP contribution in [-0.4, -0.2) is 12.0 Å². The van der Waals surface area contributed by atoms with Crippen LogP contribution in [0.1, 0.15) is 18.1 Å². The summed E-state index contributed by atoms with van der Waals surface area (Å²) in [6.07, 6.45) is -0.944. The Hall–Kier alpha value is -3.57. The monoisotopic (exact) mass is 447 g/mol. The number of anilines is 1. The van der Waals surface area contributed by atoms with Gasteiger partial charge in [-0.3, -0.25) is 9.59 Å². The van der Waals surface area contributed by atoms with Crippen molar-refractivity contribution >= 4 is 34.2 Å². The molecule has 0 bridgehead atoms. The summed E-state index contributed by atoms with van der Waals surface area (Å²) < 4.78 is 12.0. The van der Waals surface area contributed by atoms with Crippen molar-refractivity contribution in [2.75, 3.05) is 5.32 Å². The topological polar surface area (TPSA) is 68.5 Å². The lowest BCUT2D eigenvalue weighted by atomic mass is 10.1. The molecule has 1 aromatic heterocycles. The third-order valence-corrected chi connectivity index (χ3v) is 5.56. The van der Waals surface area contributed by atoms with E-state index in [1.807, 2.05) is 68.4 Å². The number of carbonyl (C=O) groups excluding carboxylic acids is 1. The van der Waals surface area contributed by atoms with Gasteiger partial charge in [-0.15, -0.1) is 0 Å². The van der Waals surface area contributed by atoms with Crippen molar-refractivity contribution in [1.82, 2.24) is 0 Å². The smallest absolute Gasteiger partial charge is 0.265 e. The number of amides is 1. The minimum absolute atomic E-state index is 0.0322. The predicted molar refractivity (Wildman–Crippen MR) is 128 cm³/mol. The highest BCUT2D eigenvalue weighted by Gasteiger charge is 2.23. The first-order valence-electron chi connectivity index (χ1n) is 10.2. The van der Waals surface area contributed by atoms with Gasteiger partial charge in [-0.05, 0) is 50.6 Å². The van der Waals surface area contributed by atoms with Gasteiger partial charge in [0.05, 0.1) is 5.39 Å². The van der Waals surface area contributed by atoms with Crippen molar-refractivity contribution in [3.05, 3.63) is 93.1 Å². The average molecular weight is 448 g/mol. The quantitative estimate of drug-likeness (QED) is 0.399. The molecule has 0 aliphatic rings. The lowest BCUT2D eigenvalue weighted by molar-refractivity contribution is -0.122. The van der Waals surface area contributed by atoms with Crippen molar-refractivity contribution in [3.63, 3.8) is 0 Å². The molecule has 1 N–H and O–H groups in total. The van der Waals surface area contributed by atoms with Gasteiger partial charge in [0, 0.05) is 16.3 Å². The van der Waals surface area contributed by atoms with E-state index in [-0.39, 0.29) is 22.8 Å². The average Bonchev–Trinajstić information content (AvgIpc) is 2.79. The molecule has 1 atom stereocenters. The summed E-state index contributed by atoms with van der Waals surface area (Å²) in [6, 6.07) is 19.9. The lowest BCUT2D eigenvalue weighted by Gasteiger charge is -2.17. The fraction of sp³-hybridized carbons (Fsp3) is 0.154. The molecule has 0 aliphatic carbocycles. The molecule has 0 saturated carbocycles. The number of rotatable bonds is 5. The number of aryl methyl sites for hydroxylation is 2. The number of hydrogen-bond donors (Lipinski definition) is 1. The SMILES string of the molecule is Cc1ccc(NC(=O)C(C)Oc2c(-c3ccccc3)oc3cc(C)c(Cl)cc3c2=O)cc1. The molecule has 6 heteroatoms. The van der Waals surface area contributed by atoms with Crippen LogP contribution in [0.4, 0.5) is 5.69 Å². The molecule has 4 aromatic rings. The number of carbonyl (C=O) groups is 1. The molecule has 0 aliphatic heterocycles. The van der Waals surface area contributed by atoms with Gasteiger partial charge in [0.1, 0.15) is 5.58 Å². The Morgan fingerprint density at radius 3 is 2.41 bits per heavy atom. The zero-order chi connectivity index (χ0) is 22.8. The van der Waals surface area contributed by atoms with Crippen molar-refractivity contribution in [1.29, 1.82) is 0 Å². The third kappa shape index (κ3) is 4.39. The largest absolute Gasteiger partial charge is 0.473 e. The molecule has 0 radical (unpaired) electrons. The van der Waals surface area contributed by atoms with Crippen molar-refractivity contribution in [2.45, 2.75) is 26.9 Å². The molecule has 0 saturated heterocycles. The maximum atomic E-state index is 13.4. The van der Waals surface area contributed by atoms with E-state index in [0.29, 0.717) is 27.2 Å². The summed E-state index contributed by atoms with van der Waals surface area (Å²) in [4.78, 5) is 26.1. The number of halogens is 1. The highest BCUT2D eigenvalue weighted by Crippen LogP contribution is 2.33. The van der Waals surface area contributed by atoms with Crippen LogP contribution in [0.15, 0.2) is 75.9 Å². The first-order valence-corrected chi connectivity index (χ1v) is 10.6. The molecule has 4 rings (SSSR count). The lowest BCUT2D eigenvalue weighted by Crippen LogP contribution is -2.31. The van der Waals surface area contributed by atoms with Crippen LogP contribution in [-0.2, 0) is 4.79 Å². The summed E-state index contributed by atoms with van der Waals surface area (Å²) in [7, 11) is 0. The van der Waals surface area contributed by atoms with Gasteiger partial charge in [0.15, 0.2) is 11.9 Å². The first kappa shape index (κ1) is 21.7. The van der Waals surface area contributed by atoms with Crippen LogP contribution >= 0.6 is 11.6 Å². The fourth-order valence-corrected chi connectivity index (χ4v) is 3.46. The van der Waals surface area contributed by atoms with Crippen molar-refractivity contribution in [2.24, 2.45) is 0 Å². The zero-order valence-corrected chi connectivity index (χ0v) is 18.7. The maximum Gasteiger partial charge on any atom is 0.265 e. The first-order chi connectivity index (χ1) is 15.3. The van der Waals surface area contributed by atoms with E-state index >= 15 is 0 Å². The molecular formula is C26H22ClNO4. The Kier molecular flexibility index (Phi) is 6.01. The van der Waals surface area contributed by atoms with E-state index in [0.717, 1.165) is 11.1 Å². The van der Waals surface area contributed by atoms with Gasteiger partial charge in [-0.25, -0.2) is 0 Å². The van der Waals surface area contributed by atoms with Crippen LogP contribution in [0.2, 0.25) is 5.02 Å². The summed E-state index contributed by atoms with van der Waals surface area (Å²) in [5, 5.41) is 3.55. The van der Waals surface area contributed by atoms with Crippen molar-refractivity contribution in [3.8, 4) is 17.1 Å². The van der Waals surface area contributed by atoms with Gasteiger partial charge < -0.3 is 14.5 Å². The van der Waals surface area contributed by atoms with Crippen LogP contribution < -0.4 is 15.5 Å². The van der Waals surface area contributed by atoms with E-state index < -0.39 is 6.10 Å². The second-order valence-electron chi connectivity index (χ2n) is 7.67. The maximum absolute atomic E-state index is 13.4. The highest BCUT2D eigenvalue weighted by atomic mass is 35.5. The molecule has 1 heterocycles. The number of fused-ring (bicyclic) bond motifs is 1. The Morgan fingerprint density at radius 1 is 1.03 bits per heavy atom. The second kappa shape index (κ2) is 8.89. The predicted octanol–water partition coefficient (Wildman–Crippen LogP) is 6.14. The van der Waals surface area contributed by atoms with E-state index in [2.05, 4.69) is 5.32 Å². The number of nitrogens with one attached hydrogen (secondary N) is 1. The van der Waals surface area contributed by atoms with Crippen LogP contribution in [0.25, 0.3) is 22.3 Å². The molecule has 162 valence electrons. The number of hydrogen-bond acceptors (Lipinski definition) is 4. The van der Waals surface area contributed by atoms with Gasteiger partial charge in [0.25, 0.3) is 5.91 Å². The number of benzene rings is 3. The normalized spacial score (nSPS) is 11.9. The Morgan fingerprint density at radius 2 is 1.72 bits per heavy atom. The Labute approximate surface area is 190 Å². The summed E-state index contributed by atoms with van der Waals surface area (Å²) >= 11 is 6.24. The fourth-order valence-electron chi connectivity index (χ4n) is 3.30. The Bertz CT molecular complexity index is 1340. The summed E-state index contributed by atoms with van der Waals surface area (Å²) in [5.41, 5.74) is 3.21. The van der Waals surface area contributed by atoms with Crippen LogP contribution in [0.5, 0.6) is 5.75 Å². The minimum atomic E-state index is -0.944. The van der Waals surface area contributed by atoms with Crippen LogP contribution in [0.3, 0.4) is 0 Å². The van der Waals surface area contributed by atoms with E-state index in [1.54, 1.807) is 19.1 Å². The highest BCUT2D eigenvalue weighted by molar-refractivity contribution is 6.32. The van der Waals surface area contributed by atoms with E-state index in [9.17, 15) is 9.59 Å². The zero-order valence-electron chi connectivity index (χ0n) is 17.9. The molecule has 5 nitrogen and oxygen atoms in total. The second-order valence-corrected chi connectivity index (χ2v) is 8.08. The van der Waals surface area contributed by atoms with E-state index in [1.165, 1.54) is 0 Å². The minimum Gasteiger partial charge on any atom is -0.473 e. The molecule has 0 fully saturated rings. The molecule has 0 spiro atoms. The number of ether oxygens (including phenoxy) is 1.